The number of carbonyl (C=O) groups is 2. The van der Waals surface area contributed by atoms with Gasteiger partial charge in [0.15, 0.2) is 0 Å². The highest BCUT2D eigenvalue weighted by atomic mass is 16.5. The van der Waals surface area contributed by atoms with Crippen LogP contribution in [0.25, 0.3) is 0 Å². The fourth-order valence-electron chi connectivity index (χ4n) is 2.62. The fraction of sp³-hybridized carbons (Fsp3) is 0.263. The van der Waals surface area contributed by atoms with E-state index < -0.39 is 5.97 Å². The molecule has 6 nitrogen and oxygen atoms in total. The van der Waals surface area contributed by atoms with Crippen LogP contribution < -0.4 is 14.8 Å². The van der Waals surface area contributed by atoms with Gasteiger partial charge in [-0.15, -0.1) is 0 Å². The summed E-state index contributed by atoms with van der Waals surface area (Å²) < 4.78 is 10.4. The maximum atomic E-state index is 12.3. The highest BCUT2D eigenvalue weighted by molar-refractivity contribution is 5.94. The quantitative estimate of drug-likeness (QED) is 0.803. The predicted octanol–water partition coefficient (Wildman–Crippen LogP) is 3.53. The van der Waals surface area contributed by atoms with Crippen LogP contribution in [-0.2, 0) is 4.79 Å². The normalized spacial score (nSPS) is 11.5. The van der Waals surface area contributed by atoms with Crippen LogP contribution >= 0.6 is 0 Å². The molecule has 0 bridgehead atoms. The summed E-state index contributed by atoms with van der Waals surface area (Å²) in [5.41, 5.74) is 1.49. The second-order valence-electron chi connectivity index (χ2n) is 5.62. The van der Waals surface area contributed by atoms with Crippen molar-refractivity contribution in [1.82, 2.24) is 0 Å². The smallest absolute Gasteiger partial charge is 0.339 e. The molecule has 2 aromatic carbocycles. The minimum Gasteiger partial charge on any atom is -0.496 e. The fourth-order valence-corrected chi connectivity index (χ4v) is 2.62. The van der Waals surface area contributed by atoms with Crippen molar-refractivity contribution in [3.8, 4) is 11.5 Å². The Morgan fingerprint density at radius 3 is 2.40 bits per heavy atom. The minimum absolute atomic E-state index is 0.0312. The summed E-state index contributed by atoms with van der Waals surface area (Å²) in [6.07, 6.45) is 0.267. The third kappa shape index (κ3) is 4.50. The number of carboxylic acids is 1. The van der Waals surface area contributed by atoms with E-state index in [-0.39, 0.29) is 29.6 Å². The van der Waals surface area contributed by atoms with Gasteiger partial charge in [-0.1, -0.05) is 25.1 Å². The highest BCUT2D eigenvalue weighted by Crippen LogP contribution is 2.29. The summed E-state index contributed by atoms with van der Waals surface area (Å²) in [5.74, 6) is -0.349. The monoisotopic (exact) mass is 343 g/mol. The number of benzene rings is 2. The summed E-state index contributed by atoms with van der Waals surface area (Å²) in [5, 5.41) is 11.9. The number of carbonyl (C=O) groups excluding carboxylic acids is 1. The van der Waals surface area contributed by atoms with Crippen LogP contribution in [0.3, 0.4) is 0 Å². The Labute approximate surface area is 146 Å². The number of hydrogen-bond acceptors (Lipinski definition) is 4. The molecule has 0 aliphatic rings. The lowest BCUT2D eigenvalue weighted by molar-refractivity contribution is -0.116. The first-order chi connectivity index (χ1) is 12.0. The van der Waals surface area contributed by atoms with Crippen LogP contribution in [0, 0.1) is 0 Å². The van der Waals surface area contributed by atoms with E-state index >= 15 is 0 Å². The molecule has 1 atom stereocenters. The van der Waals surface area contributed by atoms with Crippen LogP contribution in [0.1, 0.15) is 35.2 Å². The van der Waals surface area contributed by atoms with Gasteiger partial charge in [-0.05, 0) is 29.7 Å². The third-order valence-electron chi connectivity index (χ3n) is 3.88. The van der Waals surface area contributed by atoms with Gasteiger partial charge in [0.2, 0.25) is 5.91 Å². The average molecular weight is 343 g/mol. The average Bonchev–Trinajstić information content (AvgIpc) is 2.61. The molecule has 0 saturated carbocycles. The Balaban J connectivity index is 2.08. The molecule has 0 aliphatic heterocycles. The van der Waals surface area contributed by atoms with E-state index in [0.29, 0.717) is 5.69 Å². The van der Waals surface area contributed by atoms with Crippen molar-refractivity contribution in [3.63, 3.8) is 0 Å². The molecule has 0 saturated heterocycles. The maximum Gasteiger partial charge on any atom is 0.339 e. The van der Waals surface area contributed by atoms with E-state index in [2.05, 4.69) is 5.32 Å². The van der Waals surface area contributed by atoms with Crippen LogP contribution in [-0.4, -0.2) is 31.2 Å². The predicted molar refractivity (Wildman–Crippen MR) is 94.6 cm³/mol. The standard InChI is InChI=1S/C19H21NO5/c1-12(14-6-4-5-7-16(14)24-2)10-18(21)20-13-8-9-15(19(22)23)17(11-13)25-3/h4-9,11-12H,10H2,1-3H3,(H,20,21)(H,22,23). The molecule has 1 amide bonds. The van der Waals surface area contributed by atoms with Gasteiger partial charge < -0.3 is 19.9 Å². The molecule has 0 spiro atoms. The number of amides is 1. The van der Waals surface area contributed by atoms with Crippen LogP contribution in [0.2, 0.25) is 0 Å². The number of aromatic carboxylic acids is 1. The molecule has 2 rings (SSSR count). The van der Waals surface area contributed by atoms with Crippen molar-refractivity contribution in [3.05, 3.63) is 53.6 Å². The van der Waals surface area contributed by atoms with Crippen molar-refractivity contribution in [1.29, 1.82) is 0 Å². The molecule has 0 radical (unpaired) electrons. The number of carboxylic acid groups (broad SMARTS) is 1. The van der Waals surface area contributed by atoms with Crippen LogP contribution in [0.15, 0.2) is 42.5 Å². The molecule has 0 fully saturated rings. The van der Waals surface area contributed by atoms with Gasteiger partial charge in [0, 0.05) is 18.2 Å². The van der Waals surface area contributed by atoms with Crippen molar-refractivity contribution in [2.45, 2.75) is 19.3 Å². The lowest BCUT2D eigenvalue weighted by atomic mass is 9.96. The Hall–Kier alpha value is -3.02. The lowest BCUT2D eigenvalue weighted by Gasteiger charge is -2.15. The molecule has 0 aromatic heterocycles. The molecule has 6 heteroatoms. The zero-order valence-corrected chi connectivity index (χ0v) is 14.4. The summed E-state index contributed by atoms with van der Waals surface area (Å²) in [7, 11) is 2.99. The molecule has 132 valence electrons. The number of hydrogen-bond donors (Lipinski definition) is 2. The van der Waals surface area contributed by atoms with Gasteiger partial charge in [0.1, 0.15) is 17.1 Å². The first-order valence-electron chi connectivity index (χ1n) is 7.80. The molecule has 2 N–H and O–H groups in total. The first kappa shape index (κ1) is 18.3. The Bertz CT molecular complexity index is 772. The second-order valence-corrected chi connectivity index (χ2v) is 5.62. The van der Waals surface area contributed by atoms with E-state index in [1.165, 1.54) is 25.3 Å². The molecule has 0 aliphatic carbocycles. The topological polar surface area (TPSA) is 84.9 Å². The van der Waals surface area contributed by atoms with Gasteiger partial charge in [-0.25, -0.2) is 4.79 Å². The van der Waals surface area contributed by atoms with E-state index in [1.54, 1.807) is 7.11 Å². The Kier molecular flexibility index (Phi) is 6.00. The number of nitrogens with one attached hydrogen (secondary N) is 1. The third-order valence-corrected chi connectivity index (χ3v) is 3.88. The zero-order chi connectivity index (χ0) is 18.4. The largest absolute Gasteiger partial charge is 0.496 e. The van der Waals surface area contributed by atoms with Crippen molar-refractivity contribution in [2.75, 3.05) is 19.5 Å². The molecule has 1 unspecified atom stereocenters. The van der Waals surface area contributed by atoms with Gasteiger partial charge in [-0.3, -0.25) is 4.79 Å². The zero-order valence-electron chi connectivity index (χ0n) is 14.4. The van der Waals surface area contributed by atoms with Crippen LogP contribution in [0.4, 0.5) is 5.69 Å². The highest BCUT2D eigenvalue weighted by Gasteiger charge is 2.16. The van der Waals surface area contributed by atoms with E-state index in [0.717, 1.165) is 11.3 Å². The molecule has 0 heterocycles. The first-order valence-corrected chi connectivity index (χ1v) is 7.80. The Morgan fingerprint density at radius 1 is 1.08 bits per heavy atom. The summed E-state index contributed by atoms with van der Waals surface area (Å²) in [4.78, 5) is 23.4. The van der Waals surface area contributed by atoms with Crippen molar-refractivity contribution in [2.24, 2.45) is 0 Å². The minimum atomic E-state index is -1.08. The van der Waals surface area contributed by atoms with Gasteiger partial charge >= 0.3 is 5.97 Å². The van der Waals surface area contributed by atoms with Gasteiger partial charge in [0.05, 0.1) is 14.2 Å². The van der Waals surface area contributed by atoms with Gasteiger partial charge in [0.25, 0.3) is 0 Å². The summed E-state index contributed by atoms with van der Waals surface area (Å²) in [6.45, 7) is 1.95. The van der Waals surface area contributed by atoms with Crippen molar-refractivity contribution < 1.29 is 24.2 Å². The van der Waals surface area contributed by atoms with E-state index in [1.807, 2.05) is 31.2 Å². The molecular weight excluding hydrogens is 322 g/mol. The van der Waals surface area contributed by atoms with Crippen LogP contribution in [0.5, 0.6) is 11.5 Å². The maximum absolute atomic E-state index is 12.3. The number of para-hydroxylation sites is 1. The Morgan fingerprint density at radius 2 is 1.76 bits per heavy atom. The van der Waals surface area contributed by atoms with E-state index in [4.69, 9.17) is 14.6 Å². The van der Waals surface area contributed by atoms with E-state index in [9.17, 15) is 9.59 Å². The molecule has 2 aromatic rings. The number of rotatable bonds is 7. The van der Waals surface area contributed by atoms with Gasteiger partial charge in [-0.2, -0.15) is 0 Å². The molecular formula is C19H21NO5. The lowest BCUT2D eigenvalue weighted by Crippen LogP contribution is -2.15. The van der Waals surface area contributed by atoms with Crippen molar-refractivity contribution >= 4 is 17.6 Å². The molecule has 25 heavy (non-hydrogen) atoms. The summed E-state index contributed by atoms with van der Waals surface area (Å²) >= 11 is 0. The number of anilines is 1. The summed E-state index contributed by atoms with van der Waals surface area (Å²) in [6, 6.07) is 12.0. The number of ether oxygens (including phenoxy) is 2. The second kappa shape index (κ2) is 8.19. The number of methoxy groups -OCH3 is 2. The SMILES string of the molecule is COc1cc(NC(=O)CC(C)c2ccccc2OC)ccc1C(=O)O.